The lowest BCUT2D eigenvalue weighted by Crippen LogP contribution is -2.43. The molecule has 0 aromatic heterocycles. The molecule has 1 saturated heterocycles. The predicted molar refractivity (Wildman–Crippen MR) is 90.3 cm³/mol. The van der Waals surface area contributed by atoms with E-state index >= 15 is 0 Å². The Morgan fingerprint density at radius 1 is 1.00 bits per heavy atom. The number of piperidine rings is 1. The van der Waals surface area contributed by atoms with Gasteiger partial charge in [0.15, 0.2) is 0 Å². The highest BCUT2D eigenvalue weighted by Crippen LogP contribution is 2.32. The molecule has 0 radical (unpaired) electrons. The van der Waals surface area contributed by atoms with Gasteiger partial charge in [-0.2, -0.15) is 0 Å². The topological polar surface area (TPSA) is 32.3 Å². The molecule has 1 N–H and O–H groups in total. The number of hydrogen-bond donors (Lipinski definition) is 1. The molecule has 3 nitrogen and oxygen atoms in total. The molecule has 2 fully saturated rings. The fourth-order valence-corrected chi connectivity index (χ4v) is 3.76. The summed E-state index contributed by atoms with van der Waals surface area (Å²) in [6.07, 6.45) is 8.81. The number of carbonyl (C=O) groups excluding carboxylic acids is 1. The minimum atomic E-state index is 0.0877. The molecular weight excluding hydrogens is 272 g/mol. The SMILES string of the molecule is CN1CCC(NC(=O)c2ccc(C3CCCCC3)cc2)CC1. The summed E-state index contributed by atoms with van der Waals surface area (Å²) in [6.45, 7) is 2.15. The van der Waals surface area contributed by atoms with Crippen molar-refractivity contribution in [3.05, 3.63) is 35.4 Å². The number of rotatable bonds is 3. The van der Waals surface area contributed by atoms with Crippen molar-refractivity contribution in [2.75, 3.05) is 20.1 Å². The minimum absolute atomic E-state index is 0.0877. The van der Waals surface area contributed by atoms with Crippen molar-refractivity contribution in [2.45, 2.75) is 56.9 Å². The van der Waals surface area contributed by atoms with Gasteiger partial charge in [-0.05, 0) is 69.4 Å². The van der Waals surface area contributed by atoms with Crippen LogP contribution in [-0.4, -0.2) is 37.0 Å². The molecule has 1 aliphatic carbocycles. The van der Waals surface area contributed by atoms with Crippen molar-refractivity contribution < 1.29 is 4.79 Å². The molecule has 1 aromatic carbocycles. The zero-order chi connectivity index (χ0) is 15.4. The monoisotopic (exact) mass is 300 g/mol. The number of likely N-dealkylation sites (tertiary alicyclic amines) is 1. The molecule has 1 saturated carbocycles. The Balaban J connectivity index is 1.56. The Labute approximate surface area is 134 Å². The van der Waals surface area contributed by atoms with E-state index in [1.165, 1.54) is 37.7 Å². The highest BCUT2D eigenvalue weighted by molar-refractivity contribution is 5.94. The van der Waals surface area contributed by atoms with E-state index < -0.39 is 0 Å². The van der Waals surface area contributed by atoms with Crippen LogP contribution in [0.5, 0.6) is 0 Å². The van der Waals surface area contributed by atoms with E-state index in [0.717, 1.165) is 31.5 Å². The first kappa shape index (κ1) is 15.5. The van der Waals surface area contributed by atoms with E-state index in [2.05, 4.69) is 29.4 Å². The number of hydrogen-bond acceptors (Lipinski definition) is 2. The van der Waals surface area contributed by atoms with Crippen molar-refractivity contribution >= 4 is 5.91 Å². The van der Waals surface area contributed by atoms with Crippen LogP contribution in [0, 0.1) is 0 Å². The Morgan fingerprint density at radius 2 is 1.64 bits per heavy atom. The summed E-state index contributed by atoms with van der Waals surface area (Å²) in [4.78, 5) is 14.7. The van der Waals surface area contributed by atoms with Gasteiger partial charge in [-0.1, -0.05) is 31.4 Å². The molecule has 0 unspecified atom stereocenters. The third kappa shape index (κ3) is 3.89. The maximum absolute atomic E-state index is 12.4. The summed E-state index contributed by atoms with van der Waals surface area (Å²) in [5.41, 5.74) is 2.22. The van der Waals surface area contributed by atoms with E-state index in [4.69, 9.17) is 0 Å². The minimum Gasteiger partial charge on any atom is -0.349 e. The number of carbonyl (C=O) groups is 1. The van der Waals surface area contributed by atoms with Crippen LogP contribution < -0.4 is 5.32 Å². The van der Waals surface area contributed by atoms with E-state index in [-0.39, 0.29) is 5.91 Å². The molecular formula is C19H28N2O. The Hall–Kier alpha value is -1.35. The quantitative estimate of drug-likeness (QED) is 0.925. The maximum Gasteiger partial charge on any atom is 0.251 e. The van der Waals surface area contributed by atoms with Gasteiger partial charge < -0.3 is 10.2 Å². The average molecular weight is 300 g/mol. The van der Waals surface area contributed by atoms with E-state index in [9.17, 15) is 4.79 Å². The number of amides is 1. The average Bonchev–Trinajstić information content (AvgIpc) is 2.58. The van der Waals surface area contributed by atoms with Gasteiger partial charge in [0.25, 0.3) is 5.91 Å². The molecule has 1 aromatic rings. The first-order valence-electron chi connectivity index (χ1n) is 8.82. The smallest absolute Gasteiger partial charge is 0.251 e. The van der Waals surface area contributed by atoms with Gasteiger partial charge in [-0.25, -0.2) is 0 Å². The van der Waals surface area contributed by atoms with Crippen LogP contribution in [0.1, 0.15) is 66.8 Å². The van der Waals surface area contributed by atoms with Gasteiger partial charge in [0.2, 0.25) is 0 Å². The largest absolute Gasteiger partial charge is 0.349 e. The third-order valence-corrected chi connectivity index (χ3v) is 5.30. The molecule has 1 amide bonds. The molecule has 120 valence electrons. The van der Waals surface area contributed by atoms with Crippen molar-refractivity contribution in [3.8, 4) is 0 Å². The molecule has 1 aliphatic heterocycles. The zero-order valence-corrected chi connectivity index (χ0v) is 13.7. The lowest BCUT2D eigenvalue weighted by molar-refractivity contribution is 0.0917. The fraction of sp³-hybridized carbons (Fsp3) is 0.632. The molecule has 1 heterocycles. The summed E-state index contributed by atoms with van der Waals surface area (Å²) >= 11 is 0. The van der Waals surface area contributed by atoms with Gasteiger partial charge in [0.1, 0.15) is 0 Å². The van der Waals surface area contributed by atoms with Crippen molar-refractivity contribution in [1.29, 1.82) is 0 Å². The second-order valence-corrected chi connectivity index (χ2v) is 7.01. The van der Waals surface area contributed by atoms with Gasteiger partial charge >= 0.3 is 0 Å². The summed E-state index contributed by atoms with van der Waals surface area (Å²) in [5.74, 6) is 0.796. The summed E-state index contributed by atoms with van der Waals surface area (Å²) in [7, 11) is 2.14. The van der Waals surface area contributed by atoms with Crippen LogP contribution in [0.2, 0.25) is 0 Å². The lowest BCUT2D eigenvalue weighted by atomic mass is 9.84. The summed E-state index contributed by atoms with van der Waals surface area (Å²) in [6, 6.07) is 8.68. The van der Waals surface area contributed by atoms with Gasteiger partial charge in [0.05, 0.1) is 0 Å². The standard InChI is InChI=1S/C19H28N2O/c1-21-13-11-18(12-14-21)20-19(22)17-9-7-16(8-10-17)15-5-3-2-4-6-15/h7-10,15,18H,2-6,11-14H2,1H3,(H,20,22). The van der Waals surface area contributed by atoms with Gasteiger partial charge in [-0.15, -0.1) is 0 Å². The normalized spacial score (nSPS) is 21.7. The predicted octanol–water partition coefficient (Wildman–Crippen LogP) is 3.56. The second kappa shape index (κ2) is 7.28. The van der Waals surface area contributed by atoms with Crippen LogP contribution in [0.15, 0.2) is 24.3 Å². The Bertz CT molecular complexity index is 483. The van der Waals surface area contributed by atoms with Crippen molar-refractivity contribution in [2.24, 2.45) is 0 Å². The lowest BCUT2D eigenvalue weighted by Gasteiger charge is -2.29. The van der Waals surface area contributed by atoms with Crippen LogP contribution in [0.4, 0.5) is 0 Å². The van der Waals surface area contributed by atoms with E-state index in [1.807, 2.05) is 12.1 Å². The number of nitrogens with zero attached hydrogens (tertiary/aromatic N) is 1. The van der Waals surface area contributed by atoms with Gasteiger partial charge in [0, 0.05) is 11.6 Å². The first-order chi connectivity index (χ1) is 10.7. The molecule has 0 spiro atoms. The summed E-state index contributed by atoms with van der Waals surface area (Å²) < 4.78 is 0. The fourth-order valence-electron chi connectivity index (χ4n) is 3.76. The zero-order valence-electron chi connectivity index (χ0n) is 13.7. The highest BCUT2D eigenvalue weighted by atomic mass is 16.1. The number of benzene rings is 1. The molecule has 3 rings (SSSR count). The first-order valence-corrected chi connectivity index (χ1v) is 8.82. The Morgan fingerprint density at radius 3 is 2.27 bits per heavy atom. The Kier molecular flexibility index (Phi) is 5.14. The molecule has 0 bridgehead atoms. The maximum atomic E-state index is 12.4. The van der Waals surface area contributed by atoms with E-state index in [1.54, 1.807) is 0 Å². The van der Waals surface area contributed by atoms with Crippen LogP contribution in [0.25, 0.3) is 0 Å². The van der Waals surface area contributed by atoms with Crippen molar-refractivity contribution in [3.63, 3.8) is 0 Å². The highest BCUT2D eigenvalue weighted by Gasteiger charge is 2.20. The van der Waals surface area contributed by atoms with Crippen LogP contribution >= 0.6 is 0 Å². The van der Waals surface area contributed by atoms with E-state index in [0.29, 0.717) is 12.0 Å². The number of nitrogens with one attached hydrogen (secondary N) is 1. The van der Waals surface area contributed by atoms with Crippen LogP contribution in [0.3, 0.4) is 0 Å². The summed E-state index contributed by atoms with van der Waals surface area (Å²) in [5, 5.41) is 3.19. The second-order valence-electron chi connectivity index (χ2n) is 7.01. The molecule has 22 heavy (non-hydrogen) atoms. The van der Waals surface area contributed by atoms with Crippen molar-refractivity contribution in [1.82, 2.24) is 10.2 Å². The molecule has 0 atom stereocenters. The molecule has 2 aliphatic rings. The van der Waals surface area contributed by atoms with Gasteiger partial charge in [-0.3, -0.25) is 4.79 Å². The van der Waals surface area contributed by atoms with Crippen LogP contribution in [-0.2, 0) is 0 Å². The third-order valence-electron chi connectivity index (χ3n) is 5.30. The molecule has 3 heteroatoms.